The van der Waals surface area contributed by atoms with Gasteiger partial charge in [0, 0.05) is 25.9 Å². The van der Waals surface area contributed by atoms with Crippen molar-refractivity contribution in [3.63, 3.8) is 0 Å². The molecule has 0 aliphatic carbocycles. The van der Waals surface area contributed by atoms with Crippen LogP contribution in [0.5, 0.6) is 0 Å². The largest absolute Gasteiger partial charge is 0.469 e. The number of nitrogens with one attached hydrogen (secondary N) is 1. The van der Waals surface area contributed by atoms with Crippen LogP contribution in [-0.2, 0) is 13.5 Å². The number of nitrogens with two attached hydrogens (primary N) is 1. The van der Waals surface area contributed by atoms with Gasteiger partial charge in [-0.3, -0.25) is 5.84 Å². The minimum atomic E-state index is -0.0313. The lowest BCUT2D eigenvalue weighted by Gasteiger charge is -2.13. The molecular formula is C10H14N4O. The SMILES string of the molecule is Cn1ccnc1C(Cc1ccco1)NN. The summed E-state index contributed by atoms with van der Waals surface area (Å²) in [5.41, 5.74) is 2.74. The van der Waals surface area contributed by atoms with Gasteiger partial charge in [0.15, 0.2) is 0 Å². The minimum absolute atomic E-state index is 0.0313. The zero-order chi connectivity index (χ0) is 10.7. The molecule has 0 spiro atoms. The molecule has 0 bridgehead atoms. The monoisotopic (exact) mass is 206 g/mol. The summed E-state index contributed by atoms with van der Waals surface area (Å²) in [7, 11) is 1.94. The van der Waals surface area contributed by atoms with Crippen LogP contribution >= 0.6 is 0 Å². The van der Waals surface area contributed by atoms with Crippen molar-refractivity contribution in [2.24, 2.45) is 12.9 Å². The summed E-state index contributed by atoms with van der Waals surface area (Å²) in [5.74, 6) is 7.29. The van der Waals surface area contributed by atoms with Crippen molar-refractivity contribution in [2.75, 3.05) is 0 Å². The van der Waals surface area contributed by atoms with E-state index in [-0.39, 0.29) is 6.04 Å². The van der Waals surface area contributed by atoms with E-state index in [0.29, 0.717) is 6.42 Å². The smallest absolute Gasteiger partial charge is 0.127 e. The average Bonchev–Trinajstić information content (AvgIpc) is 2.85. The van der Waals surface area contributed by atoms with Gasteiger partial charge in [0.1, 0.15) is 11.6 Å². The lowest BCUT2D eigenvalue weighted by molar-refractivity contribution is 0.437. The number of aromatic nitrogens is 2. The lowest BCUT2D eigenvalue weighted by Crippen LogP contribution is -2.31. The molecule has 3 N–H and O–H groups in total. The van der Waals surface area contributed by atoms with E-state index in [9.17, 15) is 0 Å². The number of hydrazine groups is 1. The molecule has 0 radical (unpaired) electrons. The van der Waals surface area contributed by atoms with Gasteiger partial charge in [-0.15, -0.1) is 0 Å². The Morgan fingerprint density at radius 1 is 1.67 bits per heavy atom. The molecule has 5 heteroatoms. The maximum absolute atomic E-state index is 5.50. The summed E-state index contributed by atoms with van der Waals surface area (Å²) in [6.07, 6.45) is 5.99. The number of nitrogens with zero attached hydrogens (tertiary/aromatic N) is 2. The fourth-order valence-electron chi connectivity index (χ4n) is 1.57. The predicted octanol–water partition coefficient (Wildman–Crippen LogP) is 0.760. The summed E-state index contributed by atoms with van der Waals surface area (Å²) >= 11 is 0. The third-order valence-electron chi connectivity index (χ3n) is 2.36. The Labute approximate surface area is 87.9 Å². The molecule has 0 aliphatic heterocycles. The Hall–Kier alpha value is -1.59. The topological polar surface area (TPSA) is 69.0 Å². The van der Waals surface area contributed by atoms with Gasteiger partial charge in [-0.2, -0.15) is 0 Å². The second-order valence-electron chi connectivity index (χ2n) is 3.40. The number of hydrogen-bond acceptors (Lipinski definition) is 4. The van der Waals surface area contributed by atoms with Gasteiger partial charge in [0.2, 0.25) is 0 Å². The second kappa shape index (κ2) is 4.29. The summed E-state index contributed by atoms with van der Waals surface area (Å²) in [6, 6.07) is 3.75. The van der Waals surface area contributed by atoms with E-state index in [1.54, 1.807) is 12.5 Å². The number of rotatable bonds is 4. The molecule has 0 aromatic carbocycles. The van der Waals surface area contributed by atoms with Gasteiger partial charge >= 0.3 is 0 Å². The molecule has 0 saturated carbocycles. The van der Waals surface area contributed by atoms with E-state index in [2.05, 4.69) is 10.4 Å². The molecule has 5 nitrogen and oxygen atoms in total. The first-order valence-electron chi connectivity index (χ1n) is 4.77. The summed E-state index contributed by atoms with van der Waals surface area (Å²) < 4.78 is 7.21. The zero-order valence-corrected chi connectivity index (χ0v) is 8.55. The molecule has 0 saturated heterocycles. The molecule has 0 aliphatic rings. The highest BCUT2D eigenvalue weighted by Gasteiger charge is 2.15. The molecule has 1 atom stereocenters. The standard InChI is InChI=1S/C10H14N4O/c1-14-5-4-12-10(14)9(13-11)7-8-3-2-6-15-8/h2-6,9,13H,7,11H2,1H3. The molecular weight excluding hydrogens is 192 g/mol. The number of aryl methyl sites for hydroxylation is 1. The van der Waals surface area contributed by atoms with Gasteiger partial charge in [-0.25, -0.2) is 10.4 Å². The third kappa shape index (κ3) is 2.08. The van der Waals surface area contributed by atoms with Crippen molar-refractivity contribution in [1.29, 1.82) is 0 Å². The summed E-state index contributed by atoms with van der Waals surface area (Å²) in [6.45, 7) is 0. The lowest BCUT2D eigenvalue weighted by atomic mass is 10.1. The van der Waals surface area contributed by atoms with Crippen LogP contribution in [0.15, 0.2) is 35.2 Å². The van der Waals surface area contributed by atoms with Crippen molar-refractivity contribution >= 4 is 0 Å². The highest BCUT2D eigenvalue weighted by Crippen LogP contribution is 2.15. The molecule has 0 fully saturated rings. The number of hydrogen-bond donors (Lipinski definition) is 2. The Balaban J connectivity index is 2.15. The quantitative estimate of drug-likeness (QED) is 0.572. The Morgan fingerprint density at radius 3 is 3.07 bits per heavy atom. The van der Waals surface area contributed by atoms with Crippen molar-refractivity contribution in [2.45, 2.75) is 12.5 Å². The first-order chi connectivity index (χ1) is 7.31. The van der Waals surface area contributed by atoms with Crippen molar-refractivity contribution in [1.82, 2.24) is 15.0 Å². The van der Waals surface area contributed by atoms with Crippen LogP contribution in [0.25, 0.3) is 0 Å². The summed E-state index contributed by atoms with van der Waals surface area (Å²) in [5, 5.41) is 0. The molecule has 2 aromatic heterocycles. The third-order valence-corrected chi connectivity index (χ3v) is 2.36. The minimum Gasteiger partial charge on any atom is -0.469 e. The molecule has 2 aromatic rings. The molecule has 2 heterocycles. The van der Waals surface area contributed by atoms with Crippen LogP contribution in [0.3, 0.4) is 0 Å². The maximum Gasteiger partial charge on any atom is 0.127 e. The summed E-state index contributed by atoms with van der Waals surface area (Å²) in [4.78, 5) is 4.25. The van der Waals surface area contributed by atoms with Gasteiger partial charge < -0.3 is 8.98 Å². The number of imidazole rings is 1. The Kier molecular flexibility index (Phi) is 2.84. The highest BCUT2D eigenvalue weighted by atomic mass is 16.3. The van der Waals surface area contributed by atoms with Crippen LogP contribution < -0.4 is 11.3 Å². The van der Waals surface area contributed by atoms with Gasteiger partial charge in [0.05, 0.1) is 12.3 Å². The molecule has 1 unspecified atom stereocenters. The molecule has 0 amide bonds. The van der Waals surface area contributed by atoms with E-state index in [1.165, 1.54) is 0 Å². The van der Waals surface area contributed by atoms with Gasteiger partial charge in [-0.05, 0) is 12.1 Å². The van der Waals surface area contributed by atoms with Crippen molar-refractivity contribution < 1.29 is 4.42 Å². The van der Waals surface area contributed by atoms with E-state index < -0.39 is 0 Å². The van der Waals surface area contributed by atoms with E-state index in [4.69, 9.17) is 10.3 Å². The van der Waals surface area contributed by atoms with Crippen LogP contribution in [-0.4, -0.2) is 9.55 Å². The fraction of sp³-hybridized carbons (Fsp3) is 0.300. The molecule has 15 heavy (non-hydrogen) atoms. The first kappa shape index (κ1) is 9.95. The molecule has 80 valence electrons. The fourth-order valence-corrected chi connectivity index (χ4v) is 1.57. The zero-order valence-electron chi connectivity index (χ0n) is 8.55. The van der Waals surface area contributed by atoms with Crippen molar-refractivity contribution in [3.05, 3.63) is 42.4 Å². The Bertz CT molecular complexity index is 407. The maximum atomic E-state index is 5.50. The van der Waals surface area contributed by atoms with Crippen LogP contribution in [0.2, 0.25) is 0 Å². The highest BCUT2D eigenvalue weighted by molar-refractivity contribution is 5.06. The predicted molar refractivity (Wildman–Crippen MR) is 55.7 cm³/mol. The van der Waals surface area contributed by atoms with Crippen molar-refractivity contribution in [3.8, 4) is 0 Å². The van der Waals surface area contributed by atoms with Crippen LogP contribution in [0.1, 0.15) is 17.6 Å². The van der Waals surface area contributed by atoms with E-state index in [0.717, 1.165) is 11.6 Å². The van der Waals surface area contributed by atoms with Gasteiger partial charge in [-0.1, -0.05) is 0 Å². The van der Waals surface area contributed by atoms with E-state index in [1.807, 2.05) is 29.9 Å². The first-order valence-corrected chi connectivity index (χ1v) is 4.77. The normalized spacial score (nSPS) is 12.9. The van der Waals surface area contributed by atoms with Crippen LogP contribution in [0.4, 0.5) is 0 Å². The Morgan fingerprint density at radius 2 is 2.53 bits per heavy atom. The number of furan rings is 1. The molecule has 2 rings (SSSR count). The van der Waals surface area contributed by atoms with E-state index >= 15 is 0 Å². The van der Waals surface area contributed by atoms with Gasteiger partial charge in [0.25, 0.3) is 0 Å². The van der Waals surface area contributed by atoms with Crippen LogP contribution in [0, 0.1) is 0 Å². The second-order valence-corrected chi connectivity index (χ2v) is 3.40. The average molecular weight is 206 g/mol.